The number of carboxylic acid groups (broad SMARTS) is 1. The van der Waals surface area contributed by atoms with Crippen molar-refractivity contribution in [2.75, 3.05) is 0 Å². The number of amides is 4. The number of H-pyrrole nitrogens is 1. The van der Waals surface area contributed by atoms with Crippen molar-refractivity contribution < 1.29 is 29.1 Å². The summed E-state index contributed by atoms with van der Waals surface area (Å²) in [7, 11) is 0. The molecule has 1 rings (SSSR count). The molecule has 1 aromatic rings. The summed E-state index contributed by atoms with van der Waals surface area (Å²) in [5.41, 5.74) is 16.2. The van der Waals surface area contributed by atoms with E-state index in [-0.39, 0.29) is 32.1 Å². The molecule has 13 nitrogen and oxygen atoms in total. The Morgan fingerprint density at radius 1 is 1.00 bits per heavy atom. The number of imidazole rings is 1. The first-order chi connectivity index (χ1) is 13.6. The Hall–Kier alpha value is -3.48. The molecular weight excluding hydrogens is 386 g/mol. The Balaban J connectivity index is 2.80. The van der Waals surface area contributed by atoms with Crippen LogP contribution >= 0.6 is 0 Å². The van der Waals surface area contributed by atoms with E-state index in [0.29, 0.717) is 5.69 Å². The largest absolute Gasteiger partial charge is 0.480 e. The van der Waals surface area contributed by atoms with Gasteiger partial charge in [-0.2, -0.15) is 0 Å². The van der Waals surface area contributed by atoms with Gasteiger partial charge in [-0.25, -0.2) is 9.78 Å². The molecule has 1 heterocycles. The lowest BCUT2D eigenvalue weighted by Gasteiger charge is -2.22. The Kier molecular flexibility index (Phi) is 9.25. The first kappa shape index (κ1) is 23.6. The summed E-state index contributed by atoms with van der Waals surface area (Å²) in [6.45, 7) is 0. The Morgan fingerprint density at radius 3 is 2.10 bits per heavy atom. The lowest BCUT2D eigenvalue weighted by atomic mass is 10.1. The van der Waals surface area contributed by atoms with Crippen LogP contribution in [0.2, 0.25) is 0 Å². The molecule has 0 aliphatic rings. The summed E-state index contributed by atoms with van der Waals surface area (Å²) in [5.74, 6) is -4.22. The monoisotopic (exact) mass is 411 g/mol. The molecular formula is C16H25N7O6. The van der Waals surface area contributed by atoms with Crippen molar-refractivity contribution in [1.82, 2.24) is 20.6 Å². The van der Waals surface area contributed by atoms with Gasteiger partial charge in [0.25, 0.3) is 0 Å². The summed E-state index contributed by atoms with van der Waals surface area (Å²) in [5, 5.41) is 14.0. The number of hydrogen-bond acceptors (Lipinski definition) is 7. The average Bonchev–Trinajstić information content (AvgIpc) is 3.14. The normalized spacial score (nSPS) is 13.7. The summed E-state index contributed by atoms with van der Waals surface area (Å²) in [6, 6.07) is -3.68. The molecule has 0 fully saturated rings. The number of carboxylic acids is 1. The molecule has 10 N–H and O–H groups in total. The molecule has 13 heteroatoms. The number of carbonyl (C=O) groups is 5. The van der Waals surface area contributed by atoms with Gasteiger partial charge in [0.1, 0.15) is 12.1 Å². The zero-order valence-corrected chi connectivity index (χ0v) is 15.6. The van der Waals surface area contributed by atoms with E-state index < -0.39 is 47.7 Å². The second kappa shape index (κ2) is 11.4. The molecule has 3 unspecified atom stereocenters. The van der Waals surface area contributed by atoms with Crippen molar-refractivity contribution in [2.24, 2.45) is 17.2 Å². The van der Waals surface area contributed by atoms with Gasteiger partial charge >= 0.3 is 5.97 Å². The Labute approximate surface area is 165 Å². The van der Waals surface area contributed by atoms with Crippen LogP contribution in [0.1, 0.15) is 31.4 Å². The first-order valence-corrected chi connectivity index (χ1v) is 8.73. The van der Waals surface area contributed by atoms with Crippen LogP contribution in [-0.2, 0) is 30.4 Å². The minimum atomic E-state index is -1.31. The fourth-order valence-electron chi connectivity index (χ4n) is 2.35. The Bertz CT molecular complexity index is 736. The quantitative estimate of drug-likeness (QED) is 0.175. The van der Waals surface area contributed by atoms with Crippen LogP contribution in [0.5, 0.6) is 0 Å². The highest BCUT2D eigenvalue weighted by Crippen LogP contribution is 2.04. The summed E-state index contributed by atoms with van der Waals surface area (Å²) in [4.78, 5) is 64.5. The van der Waals surface area contributed by atoms with E-state index in [4.69, 9.17) is 17.2 Å². The zero-order chi connectivity index (χ0) is 22.0. The van der Waals surface area contributed by atoms with E-state index in [2.05, 4.69) is 20.6 Å². The highest BCUT2D eigenvalue weighted by Gasteiger charge is 2.28. The van der Waals surface area contributed by atoms with E-state index in [9.17, 15) is 29.1 Å². The van der Waals surface area contributed by atoms with Crippen molar-refractivity contribution in [1.29, 1.82) is 0 Å². The number of aromatic nitrogens is 2. The molecule has 3 atom stereocenters. The van der Waals surface area contributed by atoms with Gasteiger partial charge in [0.05, 0.1) is 12.4 Å². The molecule has 0 saturated carbocycles. The molecule has 0 bridgehead atoms. The minimum absolute atomic E-state index is 0.0388. The zero-order valence-electron chi connectivity index (χ0n) is 15.6. The minimum Gasteiger partial charge on any atom is -0.480 e. The van der Waals surface area contributed by atoms with Crippen LogP contribution in [0.15, 0.2) is 12.5 Å². The maximum absolute atomic E-state index is 12.5. The number of nitrogens with one attached hydrogen (secondary N) is 3. The highest BCUT2D eigenvalue weighted by molar-refractivity contribution is 5.92. The van der Waals surface area contributed by atoms with Crippen LogP contribution in [0.25, 0.3) is 0 Å². The van der Waals surface area contributed by atoms with E-state index >= 15 is 0 Å². The third-order valence-corrected chi connectivity index (χ3v) is 3.94. The standard InChI is InChI=1S/C16H25N7O6/c17-9(1-3-12(18)24)14(26)22-10(2-4-13(19)25)15(27)23-11(16(28)29)5-8-6-20-7-21-8/h6-7,9-11H,1-5,17H2,(H2,18,24)(H2,19,25)(H,20,21)(H,22,26)(H,23,27)(H,28,29). The highest BCUT2D eigenvalue weighted by atomic mass is 16.4. The number of aromatic amines is 1. The van der Waals surface area contributed by atoms with Gasteiger partial charge in [0.15, 0.2) is 0 Å². The molecule has 160 valence electrons. The number of carbonyl (C=O) groups excluding carboxylic acids is 4. The second-order valence-electron chi connectivity index (χ2n) is 6.36. The molecule has 0 aromatic carbocycles. The van der Waals surface area contributed by atoms with Gasteiger partial charge in [-0.15, -0.1) is 0 Å². The average molecular weight is 411 g/mol. The maximum Gasteiger partial charge on any atom is 0.326 e. The van der Waals surface area contributed by atoms with E-state index in [0.717, 1.165) is 0 Å². The Morgan fingerprint density at radius 2 is 1.59 bits per heavy atom. The molecule has 4 amide bonds. The van der Waals surface area contributed by atoms with Gasteiger partial charge < -0.3 is 37.9 Å². The molecule has 0 saturated heterocycles. The summed E-state index contributed by atoms with van der Waals surface area (Å²) >= 11 is 0. The molecule has 1 aromatic heterocycles. The van der Waals surface area contributed by atoms with Gasteiger partial charge in [-0.3, -0.25) is 19.2 Å². The third kappa shape index (κ3) is 8.83. The second-order valence-corrected chi connectivity index (χ2v) is 6.36. The predicted molar refractivity (Wildman–Crippen MR) is 98.6 cm³/mol. The van der Waals surface area contributed by atoms with Crippen LogP contribution in [0.4, 0.5) is 0 Å². The van der Waals surface area contributed by atoms with Crippen LogP contribution in [-0.4, -0.2) is 62.8 Å². The number of aliphatic carboxylic acids is 1. The lowest BCUT2D eigenvalue weighted by Crippen LogP contribution is -2.55. The van der Waals surface area contributed by atoms with Crippen LogP contribution in [0, 0.1) is 0 Å². The van der Waals surface area contributed by atoms with Crippen molar-refractivity contribution in [3.63, 3.8) is 0 Å². The third-order valence-electron chi connectivity index (χ3n) is 3.94. The fourth-order valence-corrected chi connectivity index (χ4v) is 2.35. The molecule has 29 heavy (non-hydrogen) atoms. The number of hydrogen-bond donors (Lipinski definition) is 7. The smallest absolute Gasteiger partial charge is 0.326 e. The predicted octanol–water partition coefficient (Wildman–Crippen LogP) is -3.14. The molecule has 0 aliphatic heterocycles. The van der Waals surface area contributed by atoms with Crippen molar-refractivity contribution >= 4 is 29.6 Å². The van der Waals surface area contributed by atoms with Gasteiger partial charge in [-0.05, 0) is 12.8 Å². The van der Waals surface area contributed by atoms with Crippen LogP contribution in [0.3, 0.4) is 0 Å². The summed E-state index contributed by atoms with van der Waals surface area (Å²) < 4.78 is 0. The SMILES string of the molecule is NC(=O)CCC(N)C(=O)NC(CCC(N)=O)C(=O)NC(Cc1cnc[nH]1)C(=O)O. The number of primary amides is 2. The maximum atomic E-state index is 12.5. The number of nitrogens with zero attached hydrogens (tertiary/aromatic N) is 1. The lowest BCUT2D eigenvalue weighted by molar-refractivity contribution is -0.142. The first-order valence-electron chi connectivity index (χ1n) is 8.73. The van der Waals surface area contributed by atoms with Crippen LogP contribution < -0.4 is 27.8 Å². The van der Waals surface area contributed by atoms with E-state index in [1.807, 2.05) is 0 Å². The number of nitrogens with two attached hydrogens (primary N) is 3. The molecule has 0 spiro atoms. The van der Waals surface area contributed by atoms with E-state index in [1.165, 1.54) is 12.5 Å². The summed E-state index contributed by atoms with van der Waals surface area (Å²) in [6.07, 6.45) is 2.14. The fraction of sp³-hybridized carbons (Fsp3) is 0.500. The van der Waals surface area contributed by atoms with Crippen molar-refractivity contribution in [3.05, 3.63) is 18.2 Å². The van der Waals surface area contributed by atoms with Crippen molar-refractivity contribution in [3.8, 4) is 0 Å². The van der Waals surface area contributed by atoms with Gasteiger partial charge in [0.2, 0.25) is 23.6 Å². The van der Waals surface area contributed by atoms with E-state index in [1.54, 1.807) is 0 Å². The molecule has 0 radical (unpaired) electrons. The van der Waals surface area contributed by atoms with Gasteiger partial charge in [-0.1, -0.05) is 0 Å². The molecule has 0 aliphatic carbocycles. The number of rotatable bonds is 13. The van der Waals surface area contributed by atoms with Crippen molar-refractivity contribution in [2.45, 2.75) is 50.2 Å². The van der Waals surface area contributed by atoms with Gasteiger partial charge in [0, 0.05) is 31.2 Å². The topological polar surface area (TPSA) is 236 Å².